The van der Waals surface area contributed by atoms with E-state index in [9.17, 15) is 4.79 Å². The number of anilines is 1. The Morgan fingerprint density at radius 3 is 2.56 bits per heavy atom. The number of nitrogens with one attached hydrogen (secondary N) is 1. The molecule has 0 bridgehead atoms. The zero-order chi connectivity index (χ0) is 22.1. The number of halogens is 1. The molecular formula is C23H26ClN7O. The van der Waals surface area contributed by atoms with Crippen molar-refractivity contribution in [1.82, 2.24) is 30.0 Å². The first-order chi connectivity index (χ1) is 15.6. The number of benzene rings is 1. The topological polar surface area (TPSA) is 88.8 Å². The smallest absolute Gasteiger partial charge is 0.225 e. The molecule has 166 valence electrons. The molecule has 3 heterocycles. The van der Waals surface area contributed by atoms with Crippen LogP contribution in [0, 0.1) is 12.8 Å². The molecule has 0 atom stereocenters. The molecule has 2 fully saturated rings. The Morgan fingerprint density at radius 2 is 1.88 bits per heavy atom. The first-order valence-corrected chi connectivity index (χ1v) is 11.5. The molecule has 0 spiro atoms. The number of piperidine rings is 1. The number of amides is 1. The Kier molecular flexibility index (Phi) is 5.78. The summed E-state index contributed by atoms with van der Waals surface area (Å²) in [6.07, 6.45) is 7.36. The summed E-state index contributed by atoms with van der Waals surface area (Å²) in [5.41, 5.74) is 2.04. The standard InChI is InChI=1S/C23H26ClN7O/c1-15-13-18(24)5-6-19(15)31-20(14-27-22(32)17-3-4-17)28-29-21(31)16-7-11-30(12-8-16)23-25-9-2-10-26-23/h2,5-6,9-10,13,16-17H,3-4,7-8,11-12,14H2,1H3,(H,27,32). The summed E-state index contributed by atoms with van der Waals surface area (Å²) in [6.45, 7) is 4.11. The van der Waals surface area contributed by atoms with Crippen molar-refractivity contribution in [1.29, 1.82) is 0 Å². The monoisotopic (exact) mass is 451 g/mol. The maximum Gasteiger partial charge on any atom is 0.225 e. The minimum Gasteiger partial charge on any atom is -0.349 e. The van der Waals surface area contributed by atoms with Crippen molar-refractivity contribution in [2.24, 2.45) is 5.92 Å². The molecular weight excluding hydrogens is 426 g/mol. The summed E-state index contributed by atoms with van der Waals surface area (Å²) in [7, 11) is 0. The van der Waals surface area contributed by atoms with Crippen molar-refractivity contribution in [2.75, 3.05) is 18.0 Å². The van der Waals surface area contributed by atoms with Gasteiger partial charge in [-0.3, -0.25) is 9.36 Å². The second kappa shape index (κ2) is 8.86. The molecule has 1 N–H and O–H groups in total. The third-order valence-corrected chi connectivity index (χ3v) is 6.45. The van der Waals surface area contributed by atoms with Crippen LogP contribution < -0.4 is 10.2 Å². The summed E-state index contributed by atoms with van der Waals surface area (Å²) < 4.78 is 2.11. The molecule has 3 aromatic rings. The Bertz CT molecular complexity index is 1100. The van der Waals surface area contributed by atoms with E-state index in [0.717, 1.165) is 67.6 Å². The van der Waals surface area contributed by atoms with E-state index >= 15 is 0 Å². The van der Waals surface area contributed by atoms with Crippen molar-refractivity contribution in [3.05, 3.63) is 58.9 Å². The average Bonchev–Trinajstić information content (AvgIpc) is 3.59. The highest BCUT2D eigenvalue weighted by Crippen LogP contribution is 2.32. The van der Waals surface area contributed by atoms with E-state index < -0.39 is 0 Å². The number of hydrogen-bond donors (Lipinski definition) is 1. The lowest BCUT2D eigenvalue weighted by atomic mass is 9.95. The van der Waals surface area contributed by atoms with E-state index in [-0.39, 0.29) is 17.7 Å². The summed E-state index contributed by atoms with van der Waals surface area (Å²) in [5.74, 6) is 2.96. The molecule has 0 unspecified atom stereocenters. The Balaban J connectivity index is 1.41. The molecule has 2 aliphatic rings. The first-order valence-electron chi connectivity index (χ1n) is 11.1. The maximum absolute atomic E-state index is 12.2. The largest absolute Gasteiger partial charge is 0.349 e. The first kappa shape index (κ1) is 20.9. The van der Waals surface area contributed by atoms with Gasteiger partial charge in [-0.05, 0) is 62.4 Å². The highest BCUT2D eigenvalue weighted by atomic mass is 35.5. The molecule has 1 amide bonds. The Hall–Kier alpha value is -3.00. The zero-order valence-corrected chi connectivity index (χ0v) is 18.8. The van der Waals surface area contributed by atoms with Gasteiger partial charge in [0.05, 0.1) is 12.2 Å². The van der Waals surface area contributed by atoms with Gasteiger partial charge in [-0.1, -0.05) is 11.6 Å². The molecule has 1 aliphatic heterocycles. The van der Waals surface area contributed by atoms with Crippen LogP contribution in [-0.2, 0) is 11.3 Å². The molecule has 9 heteroatoms. The molecule has 8 nitrogen and oxygen atoms in total. The summed E-state index contributed by atoms with van der Waals surface area (Å²) in [5, 5.41) is 12.8. The Labute approximate surface area is 192 Å². The normalized spacial score (nSPS) is 16.9. The second-order valence-electron chi connectivity index (χ2n) is 8.54. The Morgan fingerprint density at radius 1 is 1.12 bits per heavy atom. The maximum atomic E-state index is 12.2. The van der Waals surface area contributed by atoms with Crippen LogP contribution in [0.5, 0.6) is 0 Å². The molecule has 1 saturated heterocycles. The van der Waals surface area contributed by atoms with Gasteiger partial charge in [0, 0.05) is 42.3 Å². The van der Waals surface area contributed by atoms with E-state index in [0.29, 0.717) is 11.6 Å². The van der Waals surface area contributed by atoms with Crippen LogP contribution in [0.25, 0.3) is 5.69 Å². The number of carbonyl (C=O) groups is 1. The fraction of sp³-hybridized carbons (Fsp3) is 0.435. The van der Waals surface area contributed by atoms with Crippen LogP contribution in [-0.4, -0.2) is 43.7 Å². The van der Waals surface area contributed by atoms with Gasteiger partial charge in [-0.25, -0.2) is 9.97 Å². The molecule has 1 aromatic carbocycles. The van der Waals surface area contributed by atoms with Gasteiger partial charge in [-0.15, -0.1) is 10.2 Å². The lowest BCUT2D eigenvalue weighted by molar-refractivity contribution is -0.122. The van der Waals surface area contributed by atoms with Gasteiger partial charge in [0.25, 0.3) is 0 Å². The minimum atomic E-state index is 0.102. The van der Waals surface area contributed by atoms with Crippen molar-refractivity contribution >= 4 is 23.5 Å². The third-order valence-electron chi connectivity index (χ3n) is 6.22. The molecule has 32 heavy (non-hydrogen) atoms. The minimum absolute atomic E-state index is 0.102. The molecule has 1 saturated carbocycles. The van der Waals surface area contributed by atoms with Crippen LogP contribution in [0.15, 0.2) is 36.7 Å². The summed E-state index contributed by atoms with van der Waals surface area (Å²) >= 11 is 6.21. The number of rotatable bonds is 6. The van der Waals surface area contributed by atoms with Crippen LogP contribution in [0.4, 0.5) is 5.95 Å². The predicted molar refractivity (Wildman–Crippen MR) is 122 cm³/mol. The number of nitrogens with zero attached hydrogens (tertiary/aromatic N) is 6. The van der Waals surface area contributed by atoms with E-state index in [2.05, 4.69) is 34.9 Å². The number of aromatic nitrogens is 5. The van der Waals surface area contributed by atoms with E-state index in [1.54, 1.807) is 12.4 Å². The van der Waals surface area contributed by atoms with Crippen LogP contribution in [0.1, 0.15) is 48.8 Å². The van der Waals surface area contributed by atoms with Gasteiger partial charge in [0.1, 0.15) is 5.82 Å². The highest BCUT2D eigenvalue weighted by molar-refractivity contribution is 6.30. The van der Waals surface area contributed by atoms with E-state index in [1.807, 2.05) is 31.2 Å². The van der Waals surface area contributed by atoms with Crippen molar-refractivity contribution in [3.63, 3.8) is 0 Å². The van der Waals surface area contributed by atoms with Crippen molar-refractivity contribution in [3.8, 4) is 5.69 Å². The lowest BCUT2D eigenvalue weighted by Crippen LogP contribution is -2.35. The quantitative estimate of drug-likeness (QED) is 0.617. The predicted octanol–water partition coefficient (Wildman–Crippen LogP) is 3.43. The van der Waals surface area contributed by atoms with Crippen molar-refractivity contribution in [2.45, 2.75) is 45.1 Å². The van der Waals surface area contributed by atoms with Gasteiger partial charge in [0.2, 0.25) is 11.9 Å². The summed E-state index contributed by atoms with van der Waals surface area (Å²) in [4.78, 5) is 23.2. The van der Waals surface area contributed by atoms with Crippen LogP contribution in [0.2, 0.25) is 5.02 Å². The van der Waals surface area contributed by atoms with Crippen LogP contribution >= 0.6 is 11.6 Å². The van der Waals surface area contributed by atoms with Crippen LogP contribution in [0.3, 0.4) is 0 Å². The number of hydrogen-bond acceptors (Lipinski definition) is 6. The molecule has 0 radical (unpaired) electrons. The van der Waals surface area contributed by atoms with Gasteiger partial charge in [0.15, 0.2) is 5.82 Å². The molecule has 2 aromatic heterocycles. The number of aryl methyl sites for hydroxylation is 1. The average molecular weight is 452 g/mol. The summed E-state index contributed by atoms with van der Waals surface area (Å²) in [6, 6.07) is 7.67. The number of carbonyl (C=O) groups excluding carboxylic acids is 1. The fourth-order valence-corrected chi connectivity index (χ4v) is 4.52. The molecule has 5 rings (SSSR count). The van der Waals surface area contributed by atoms with Gasteiger partial charge >= 0.3 is 0 Å². The van der Waals surface area contributed by atoms with E-state index in [4.69, 9.17) is 11.6 Å². The SMILES string of the molecule is Cc1cc(Cl)ccc1-n1c(CNC(=O)C2CC2)nnc1C1CCN(c2ncccn2)CC1. The fourth-order valence-electron chi connectivity index (χ4n) is 4.29. The third kappa shape index (κ3) is 4.32. The van der Waals surface area contributed by atoms with Crippen molar-refractivity contribution < 1.29 is 4.79 Å². The second-order valence-corrected chi connectivity index (χ2v) is 8.98. The molecule has 1 aliphatic carbocycles. The van der Waals surface area contributed by atoms with E-state index in [1.165, 1.54) is 0 Å². The lowest BCUT2D eigenvalue weighted by Gasteiger charge is -2.31. The van der Waals surface area contributed by atoms with Gasteiger partial charge in [-0.2, -0.15) is 0 Å². The zero-order valence-electron chi connectivity index (χ0n) is 18.0. The highest BCUT2D eigenvalue weighted by Gasteiger charge is 2.31. The van der Waals surface area contributed by atoms with Gasteiger partial charge < -0.3 is 10.2 Å².